The maximum atomic E-state index is 12.8. The van der Waals surface area contributed by atoms with Crippen molar-refractivity contribution in [3.05, 3.63) is 71.3 Å². The first-order valence-corrected chi connectivity index (χ1v) is 5.32. The average molecular weight is 246 g/mol. The fourth-order valence-electron chi connectivity index (χ4n) is 1.34. The summed E-state index contributed by atoms with van der Waals surface area (Å²) >= 11 is 0. The molecule has 0 aromatic heterocycles. The normalized spacial score (nSPS) is 10.8. The third-order valence-corrected chi connectivity index (χ3v) is 2.20. The summed E-state index contributed by atoms with van der Waals surface area (Å²) in [6.45, 7) is 0.159. The molecule has 4 heteroatoms. The van der Waals surface area contributed by atoms with E-state index in [1.807, 2.05) is 0 Å². The van der Waals surface area contributed by atoms with Gasteiger partial charge in [0.05, 0.1) is 0 Å². The number of nitrogens with zero attached hydrogens (tertiary/aromatic N) is 1. The van der Waals surface area contributed by atoms with E-state index < -0.39 is 0 Å². The van der Waals surface area contributed by atoms with Crippen molar-refractivity contribution in [1.29, 1.82) is 0 Å². The molecule has 1 radical (unpaired) electrons. The predicted molar refractivity (Wildman–Crippen MR) is 64.1 cm³/mol. The Morgan fingerprint density at radius 3 is 2.50 bits per heavy atom. The SMILES string of the molecule is Fc1ccc(/[C]=N\OCc2cccc(F)c2)cc1. The highest BCUT2D eigenvalue weighted by molar-refractivity contribution is 5.78. The molecule has 0 heterocycles. The monoisotopic (exact) mass is 246 g/mol. The Labute approximate surface area is 104 Å². The molecule has 91 valence electrons. The van der Waals surface area contributed by atoms with Crippen LogP contribution < -0.4 is 0 Å². The maximum Gasteiger partial charge on any atom is 0.142 e. The van der Waals surface area contributed by atoms with E-state index >= 15 is 0 Å². The van der Waals surface area contributed by atoms with Crippen molar-refractivity contribution in [2.24, 2.45) is 5.16 Å². The molecule has 0 amide bonds. The van der Waals surface area contributed by atoms with Crippen LogP contribution in [0, 0.1) is 11.6 Å². The third-order valence-electron chi connectivity index (χ3n) is 2.20. The standard InChI is InChI=1S/C14H10F2NO/c15-13-6-4-11(5-7-13)9-17-18-10-12-2-1-3-14(16)8-12/h1-8H,10H2. The Morgan fingerprint density at radius 2 is 1.78 bits per heavy atom. The van der Waals surface area contributed by atoms with Gasteiger partial charge >= 0.3 is 0 Å². The van der Waals surface area contributed by atoms with Gasteiger partial charge in [0.2, 0.25) is 0 Å². The zero-order valence-electron chi connectivity index (χ0n) is 9.44. The molecule has 2 aromatic carbocycles. The first-order valence-electron chi connectivity index (χ1n) is 5.32. The van der Waals surface area contributed by atoms with Crippen LogP contribution in [0.5, 0.6) is 0 Å². The molecule has 0 saturated heterocycles. The summed E-state index contributed by atoms with van der Waals surface area (Å²) in [4.78, 5) is 4.96. The topological polar surface area (TPSA) is 21.6 Å². The number of hydrogen-bond acceptors (Lipinski definition) is 2. The molecule has 2 aromatic rings. The zero-order valence-corrected chi connectivity index (χ0v) is 9.44. The van der Waals surface area contributed by atoms with E-state index in [2.05, 4.69) is 11.4 Å². The Hall–Kier alpha value is -2.23. The van der Waals surface area contributed by atoms with Crippen LogP contribution in [0.1, 0.15) is 11.1 Å². The molecular formula is C14H10F2NO. The van der Waals surface area contributed by atoms with Crippen LogP contribution in [-0.2, 0) is 11.4 Å². The van der Waals surface area contributed by atoms with E-state index in [0.717, 1.165) is 0 Å². The predicted octanol–water partition coefficient (Wildman–Crippen LogP) is 3.39. The lowest BCUT2D eigenvalue weighted by Gasteiger charge is -1.99. The lowest BCUT2D eigenvalue weighted by atomic mass is 10.2. The summed E-state index contributed by atoms with van der Waals surface area (Å²) < 4.78 is 25.5. The van der Waals surface area contributed by atoms with Crippen molar-refractivity contribution >= 4 is 6.21 Å². The van der Waals surface area contributed by atoms with Gasteiger partial charge in [-0.25, -0.2) is 8.78 Å². The van der Waals surface area contributed by atoms with E-state index in [0.29, 0.717) is 11.1 Å². The molecule has 0 N–H and O–H groups in total. The van der Waals surface area contributed by atoms with Crippen LogP contribution in [0.25, 0.3) is 0 Å². The van der Waals surface area contributed by atoms with Gasteiger partial charge in [-0.15, -0.1) is 0 Å². The smallest absolute Gasteiger partial charge is 0.142 e. The molecule has 0 saturated carbocycles. The minimum absolute atomic E-state index is 0.159. The van der Waals surface area contributed by atoms with Crippen LogP contribution in [0.15, 0.2) is 53.7 Å². The van der Waals surface area contributed by atoms with Gasteiger partial charge in [0, 0.05) is 5.56 Å². The molecule has 0 spiro atoms. The number of rotatable bonds is 4. The molecule has 18 heavy (non-hydrogen) atoms. The van der Waals surface area contributed by atoms with Gasteiger partial charge in [-0.3, -0.25) is 0 Å². The van der Waals surface area contributed by atoms with Crippen molar-refractivity contribution in [1.82, 2.24) is 0 Å². The minimum Gasteiger partial charge on any atom is -0.390 e. The number of halogens is 2. The second kappa shape index (κ2) is 5.91. The molecule has 0 bridgehead atoms. The van der Waals surface area contributed by atoms with Crippen molar-refractivity contribution in [2.45, 2.75) is 6.61 Å². The molecule has 0 aliphatic carbocycles. The van der Waals surface area contributed by atoms with Crippen LogP contribution in [-0.4, -0.2) is 6.21 Å². The van der Waals surface area contributed by atoms with Crippen molar-refractivity contribution < 1.29 is 13.6 Å². The molecule has 2 nitrogen and oxygen atoms in total. The van der Waals surface area contributed by atoms with Gasteiger partial charge in [-0.2, -0.15) is 0 Å². The van der Waals surface area contributed by atoms with Crippen LogP contribution >= 0.6 is 0 Å². The first kappa shape index (κ1) is 12.2. The second-order valence-electron chi connectivity index (χ2n) is 3.61. The number of hydrogen-bond donors (Lipinski definition) is 0. The number of benzene rings is 2. The van der Waals surface area contributed by atoms with Crippen molar-refractivity contribution in [3.8, 4) is 0 Å². The van der Waals surface area contributed by atoms with Crippen LogP contribution in [0.2, 0.25) is 0 Å². The summed E-state index contributed by atoms with van der Waals surface area (Å²) in [5.41, 5.74) is 1.29. The Bertz CT molecular complexity index is 538. The Balaban J connectivity index is 1.87. The molecule has 0 aliphatic heterocycles. The van der Waals surface area contributed by atoms with Crippen molar-refractivity contribution in [3.63, 3.8) is 0 Å². The van der Waals surface area contributed by atoms with E-state index in [1.54, 1.807) is 12.1 Å². The Kier molecular flexibility index (Phi) is 4.02. The summed E-state index contributed by atoms with van der Waals surface area (Å²) in [6.07, 6.45) is 2.60. The van der Waals surface area contributed by atoms with Crippen LogP contribution in [0.4, 0.5) is 8.78 Å². The third kappa shape index (κ3) is 3.66. The van der Waals surface area contributed by atoms with Gasteiger partial charge in [0.25, 0.3) is 0 Å². The fourth-order valence-corrected chi connectivity index (χ4v) is 1.34. The van der Waals surface area contributed by atoms with Crippen LogP contribution in [0.3, 0.4) is 0 Å². The summed E-state index contributed by atoms with van der Waals surface area (Å²) in [5.74, 6) is -0.635. The highest BCUT2D eigenvalue weighted by Crippen LogP contribution is 2.05. The molecular weight excluding hydrogens is 236 g/mol. The Morgan fingerprint density at radius 1 is 1.00 bits per heavy atom. The second-order valence-corrected chi connectivity index (χ2v) is 3.61. The van der Waals surface area contributed by atoms with E-state index in [9.17, 15) is 8.78 Å². The fraction of sp³-hybridized carbons (Fsp3) is 0.0714. The summed E-state index contributed by atoms with van der Waals surface area (Å²) in [7, 11) is 0. The zero-order chi connectivity index (χ0) is 12.8. The van der Waals surface area contributed by atoms with Gasteiger partial charge in [0.1, 0.15) is 24.5 Å². The molecule has 0 aliphatic rings. The minimum atomic E-state index is -0.318. The van der Waals surface area contributed by atoms with Gasteiger partial charge in [-0.05, 0) is 42.0 Å². The van der Waals surface area contributed by atoms with Gasteiger partial charge in [-0.1, -0.05) is 17.3 Å². The summed E-state index contributed by atoms with van der Waals surface area (Å²) in [6, 6.07) is 11.7. The van der Waals surface area contributed by atoms with E-state index in [1.165, 1.54) is 36.4 Å². The van der Waals surface area contributed by atoms with Gasteiger partial charge in [0.15, 0.2) is 0 Å². The summed E-state index contributed by atoms with van der Waals surface area (Å²) in [5, 5.41) is 3.60. The van der Waals surface area contributed by atoms with Gasteiger partial charge < -0.3 is 4.84 Å². The quantitative estimate of drug-likeness (QED) is 0.598. The highest BCUT2D eigenvalue weighted by atomic mass is 19.1. The van der Waals surface area contributed by atoms with E-state index in [-0.39, 0.29) is 18.2 Å². The maximum absolute atomic E-state index is 12.8. The first-order chi connectivity index (χ1) is 8.74. The molecule has 0 fully saturated rings. The highest BCUT2D eigenvalue weighted by Gasteiger charge is 1.95. The van der Waals surface area contributed by atoms with Crippen molar-refractivity contribution in [2.75, 3.05) is 0 Å². The molecule has 0 unspecified atom stereocenters. The molecule has 2 rings (SSSR count). The average Bonchev–Trinajstić information content (AvgIpc) is 2.37. The molecule has 0 atom stereocenters. The lowest BCUT2D eigenvalue weighted by molar-refractivity contribution is 0.132. The lowest BCUT2D eigenvalue weighted by Crippen LogP contribution is -1.89. The van der Waals surface area contributed by atoms with E-state index in [4.69, 9.17) is 4.84 Å². The largest absolute Gasteiger partial charge is 0.390 e.